The summed E-state index contributed by atoms with van der Waals surface area (Å²) in [6.07, 6.45) is 7.17. The number of aliphatic hydroxyl groups excluding tert-OH is 1. The van der Waals surface area contributed by atoms with Gasteiger partial charge < -0.3 is 16.3 Å². The number of nitrogens with zero attached hydrogens (tertiary/aromatic N) is 4. The van der Waals surface area contributed by atoms with E-state index in [0.29, 0.717) is 18.5 Å². The number of aliphatic hydroxyl groups is 1. The molecule has 4 aliphatic rings. The monoisotopic (exact) mass is 640 g/mol. The standard InChI is InChI=1S/C19H28N2O.C19H30N2O.Al.Li.4H/c1-14-6-9-20(10-7-14)19(22)13-21-11-8-17-12-15(2)4-5-18(17)16(21)3;1-15-5-8-20(9-6-15)11-12-21-10-7-17-13-16(2)3-4-18(17)19(21)14-22;;;;;;/h4-5,12,14,16H,6-11,13H2,1-3H3;3-4,13,15,19,22H,5-12,14H2,1-2H3;;;;;;/q;;;+1;;;;-1. The fourth-order valence-corrected chi connectivity index (χ4v) is 7.69. The van der Waals surface area contributed by atoms with E-state index < -0.39 is 0 Å². The molecule has 46 heavy (non-hydrogen) atoms. The Hall–Kier alpha value is -1.12. The third-order valence-electron chi connectivity index (χ3n) is 11.0. The molecule has 0 aromatic heterocycles. The molecule has 2 atom stereocenters. The summed E-state index contributed by atoms with van der Waals surface area (Å²) >= 11 is 0. The summed E-state index contributed by atoms with van der Waals surface area (Å²) in [7, 11) is 0. The summed E-state index contributed by atoms with van der Waals surface area (Å²) in [5, 5.41) is 9.89. The van der Waals surface area contributed by atoms with E-state index in [1.54, 1.807) is 0 Å². The van der Waals surface area contributed by atoms with Crippen LogP contribution in [0.15, 0.2) is 36.4 Å². The van der Waals surface area contributed by atoms with Crippen LogP contribution in [0, 0.1) is 25.7 Å². The van der Waals surface area contributed by atoms with Crippen LogP contribution >= 0.6 is 0 Å². The van der Waals surface area contributed by atoms with Gasteiger partial charge in [0.2, 0.25) is 5.91 Å². The first-order chi connectivity index (χ1) is 21.2. The molecule has 250 valence electrons. The Labute approximate surface area is 304 Å². The summed E-state index contributed by atoms with van der Waals surface area (Å²) in [6.45, 7) is 20.6. The van der Waals surface area contributed by atoms with Crippen LogP contribution in [-0.4, -0.2) is 113 Å². The quantitative estimate of drug-likeness (QED) is 0.488. The van der Waals surface area contributed by atoms with E-state index >= 15 is 0 Å². The van der Waals surface area contributed by atoms with Crippen LogP contribution < -0.4 is 18.9 Å². The van der Waals surface area contributed by atoms with Crippen molar-refractivity contribution >= 4 is 23.3 Å². The number of rotatable bonds is 6. The Balaban J connectivity index is 0.000000307. The van der Waals surface area contributed by atoms with E-state index in [1.165, 1.54) is 59.3 Å². The molecule has 4 aliphatic heterocycles. The molecule has 0 bridgehead atoms. The zero-order valence-corrected chi connectivity index (χ0v) is 29.2. The van der Waals surface area contributed by atoms with Crippen LogP contribution in [0.25, 0.3) is 0 Å². The van der Waals surface area contributed by atoms with Gasteiger partial charge in [0.1, 0.15) is 0 Å². The van der Waals surface area contributed by atoms with Crippen molar-refractivity contribution in [2.75, 3.05) is 65.5 Å². The molecule has 2 aromatic carbocycles. The van der Waals surface area contributed by atoms with Crippen LogP contribution in [-0.2, 0) is 17.6 Å². The normalized spacial score (nSPS) is 22.9. The molecule has 0 radical (unpaired) electrons. The van der Waals surface area contributed by atoms with Gasteiger partial charge in [0.15, 0.2) is 17.4 Å². The van der Waals surface area contributed by atoms with Gasteiger partial charge in [-0.2, -0.15) is 0 Å². The third-order valence-corrected chi connectivity index (χ3v) is 11.0. The Kier molecular flexibility index (Phi) is 15.9. The van der Waals surface area contributed by atoms with Crippen LogP contribution in [0.2, 0.25) is 0 Å². The van der Waals surface area contributed by atoms with Gasteiger partial charge in [-0.1, -0.05) is 61.4 Å². The number of aryl methyl sites for hydroxylation is 2. The molecule has 0 spiro atoms. The van der Waals surface area contributed by atoms with Crippen LogP contribution in [0.1, 0.15) is 93.3 Å². The van der Waals surface area contributed by atoms with Crippen molar-refractivity contribution in [3.63, 3.8) is 0 Å². The number of hydrogen-bond donors (Lipinski definition) is 1. The zero-order valence-electron chi connectivity index (χ0n) is 30.2. The van der Waals surface area contributed by atoms with Gasteiger partial charge in [-0.15, -0.1) is 0 Å². The van der Waals surface area contributed by atoms with Gasteiger partial charge in [-0.05, 0) is 106 Å². The van der Waals surface area contributed by atoms with Gasteiger partial charge in [0, 0.05) is 45.3 Å². The molecule has 6 nitrogen and oxygen atoms in total. The number of fused-ring (bicyclic) bond motifs is 2. The average Bonchev–Trinajstić information content (AvgIpc) is 3.02. The van der Waals surface area contributed by atoms with Gasteiger partial charge >= 0.3 is 18.9 Å². The van der Waals surface area contributed by atoms with Crippen molar-refractivity contribution in [3.05, 3.63) is 69.8 Å². The molecular formula is C38H62AlLiN4O2. The van der Waals surface area contributed by atoms with E-state index in [0.717, 1.165) is 76.8 Å². The maximum atomic E-state index is 12.6. The van der Waals surface area contributed by atoms with Crippen molar-refractivity contribution in [2.45, 2.75) is 85.2 Å². The van der Waals surface area contributed by atoms with Crippen LogP contribution in [0.4, 0.5) is 0 Å². The molecule has 0 aliphatic carbocycles. The first-order valence-electron chi connectivity index (χ1n) is 17.5. The number of carbonyl (C=O) groups excluding carboxylic acids is 1. The number of piperidine rings is 2. The van der Waals surface area contributed by atoms with E-state index in [2.05, 4.69) is 90.6 Å². The number of benzene rings is 2. The predicted molar refractivity (Wildman–Crippen MR) is 192 cm³/mol. The minimum atomic E-state index is 0. The molecule has 6 rings (SSSR count). The Morgan fingerprint density at radius 2 is 1.28 bits per heavy atom. The molecule has 4 heterocycles. The first-order valence-corrected chi connectivity index (χ1v) is 17.5. The molecule has 1 amide bonds. The van der Waals surface area contributed by atoms with Gasteiger partial charge in [-0.3, -0.25) is 14.6 Å². The van der Waals surface area contributed by atoms with E-state index in [-0.39, 0.29) is 50.3 Å². The van der Waals surface area contributed by atoms with E-state index in [1.807, 2.05) is 0 Å². The number of likely N-dealkylation sites (tertiary alicyclic amines) is 2. The second kappa shape index (κ2) is 18.6. The summed E-state index contributed by atoms with van der Waals surface area (Å²) in [5.41, 5.74) is 8.29. The number of hydrogen-bond acceptors (Lipinski definition) is 5. The molecule has 2 fully saturated rings. The van der Waals surface area contributed by atoms with Crippen molar-refractivity contribution in [1.82, 2.24) is 19.6 Å². The molecule has 1 N–H and O–H groups in total. The maximum absolute atomic E-state index is 12.6. The molecule has 2 unspecified atom stereocenters. The van der Waals surface area contributed by atoms with Crippen LogP contribution in [0.3, 0.4) is 0 Å². The smallest absolute Gasteiger partial charge is 1.00 e. The maximum Gasteiger partial charge on any atom is 1.00 e. The fourth-order valence-electron chi connectivity index (χ4n) is 7.69. The second-order valence-electron chi connectivity index (χ2n) is 14.4. The topological polar surface area (TPSA) is 50.3 Å². The largest absolute Gasteiger partial charge is 1.00 e. The molecule has 0 saturated carbocycles. The number of amides is 1. The Bertz CT molecular complexity index is 1250. The van der Waals surface area contributed by atoms with Crippen molar-refractivity contribution in [2.24, 2.45) is 11.8 Å². The first kappa shape index (κ1) is 39.3. The van der Waals surface area contributed by atoms with Gasteiger partial charge in [-0.25, -0.2) is 0 Å². The van der Waals surface area contributed by atoms with Crippen molar-refractivity contribution in [1.29, 1.82) is 0 Å². The Morgan fingerprint density at radius 1 is 0.761 bits per heavy atom. The van der Waals surface area contributed by atoms with Crippen LogP contribution in [0.5, 0.6) is 0 Å². The van der Waals surface area contributed by atoms with Gasteiger partial charge in [0.05, 0.1) is 19.2 Å². The minimum absolute atomic E-state index is 0. The van der Waals surface area contributed by atoms with Gasteiger partial charge in [0.25, 0.3) is 0 Å². The average molecular weight is 641 g/mol. The fraction of sp³-hybridized carbons (Fsp3) is 0.658. The Morgan fingerprint density at radius 3 is 1.87 bits per heavy atom. The van der Waals surface area contributed by atoms with E-state index in [4.69, 9.17) is 0 Å². The zero-order chi connectivity index (χ0) is 31.2. The minimum Gasteiger partial charge on any atom is -1.00 e. The summed E-state index contributed by atoms with van der Waals surface area (Å²) < 4.78 is 0. The summed E-state index contributed by atoms with van der Waals surface area (Å²) in [4.78, 5) is 22.1. The van der Waals surface area contributed by atoms with Crippen molar-refractivity contribution < 1.29 is 30.2 Å². The molecule has 8 heteroatoms. The van der Waals surface area contributed by atoms with E-state index in [9.17, 15) is 9.90 Å². The second-order valence-corrected chi connectivity index (χ2v) is 14.4. The molecule has 2 aromatic rings. The summed E-state index contributed by atoms with van der Waals surface area (Å²) in [6, 6.07) is 14.0. The summed E-state index contributed by atoms with van der Waals surface area (Å²) in [5.74, 6) is 1.98. The molecular weight excluding hydrogens is 578 g/mol. The SMILES string of the molecule is Cc1ccc2c(c1)CCN(CC(=O)N1CCC(C)CC1)C2C.Cc1ccc2c(c1)CCN(CCN1CCC(C)CC1)C2CO.[AlH3].[H-].[Li+]. The van der Waals surface area contributed by atoms with Crippen molar-refractivity contribution in [3.8, 4) is 0 Å². The number of carbonyl (C=O) groups is 1. The predicted octanol–water partition coefficient (Wildman–Crippen LogP) is 1.72. The third kappa shape index (κ3) is 10.2. The molecule has 2 saturated heterocycles.